The predicted octanol–water partition coefficient (Wildman–Crippen LogP) is 1.67. The molecule has 0 bridgehead atoms. The lowest BCUT2D eigenvalue weighted by atomic mass is 9.93. The average molecular weight is 263 g/mol. The van der Waals surface area contributed by atoms with Crippen molar-refractivity contribution in [1.29, 1.82) is 0 Å². The van der Waals surface area contributed by atoms with E-state index < -0.39 is 0 Å². The number of pyridine rings is 1. The van der Waals surface area contributed by atoms with Gasteiger partial charge >= 0.3 is 0 Å². The van der Waals surface area contributed by atoms with Crippen LogP contribution in [0.15, 0.2) is 18.3 Å². The first-order chi connectivity index (χ1) is 9.22. The largest absolute Gasteiger partial charge is 0.381 e. The molecule has 1 aliphatic rings. The molecule has 1 aromatic heterocycles. The molecule has 2 N–H and O–H groups in total. The fourth-order valence-electron chi connectivity index (χ4n) is 2.41. The summed E-state index contributed by atoms with van der Waals surface area (Å²) < 4.78 is 5.34. The second kappa shape index (κ2) is 6.52. The van der Waals surface area contributed by atoms with Gasteiger partial charge in [0.15, 0.2) is 0 Å². The Labute approximate surface area is 113 Å². The molecule has 5 heteroatoms. The van der Waals surface area contributed by atoms with Crippen molar-refractivity contribution in [1.82, 2.24) is 10.3 Å². The molecule has 0 saturated carbocycles. The van der Waals surface area contributed by atoms with E-state index in [0.717, 1.165) is 26.1 Å². The van der Waals surface area contributed by atoms with Gasteiger partial charge in [0.05, 0.1) is 5.56 Å². The number of hydrogen-bond acceptors (Lipinski definition) is 4. The lowest BCUT2D eigenvalue weighted by Crippen LogP contribution is -2.40. The summed E-state index contributed by atoms with van der Waals surface area (Å²) in [6.45, 7) is 3.64. The van der Waals surface area contributed by atoms with Crippen molar-refractivity contribution in [2.45, 2.75) is 25.8 Å². The molecule has 2 rings (SSSR count). The molecule has 19 heavy (non-hydrogen) atoms. The SMILES string of the molecule is CNc1ncccc1C(=O)NC(C)C1CCOCC1. The highest BCUT2D eigenvalue weighted by Gasteiger charge is 2.23. The van der Waals surface area contributed by atoms with E-state index in [0.29, 0.717) is 17.3 Å². The third kappa shape index (κ3) is 3.44. The number of nitrogens with zero attached hydrogens (tertiary/aromatic N) is 1. The van der Waals surface area contributed by atoms with Gasteiger partial charge in [-0.3, -0.25) is 4.79 Å². The predicted molar refractivity (Wildman–Crippen MR) is 74.3 cm³/mol. The van der Waals surface area contributed by atoms with Gasteiger partial charge in [0, 0.05) is 32.5 Å². The van der Waals surface area contributed by atoms with Gasteiger partial charge in [0.25, 0.3) is 5.91 Å². The van der Waals surface area contributed by atoms with Crippen LogP contribution in [0, 0.1) is 5.92 Å². The van der Waals surface area contributed by atoms with Gasteiger partial charge in [-0.05, 0) is 37.8 Å². The summed E-state index contributed by atoms with van der Waals surface area (Å²) >= 11 is 0. The van der Waals surface area contributed by atoms with Crippen LogP contribution in [0.4, 0.5) is 5.82 Å². The highest BCUT2D eigenvalue weighted by Crippen LogP contribution is 2.19. The van der Waals surface area contributed by atoms with Gasteiger partial charge in [-0.2, -0.15) is 0 Å². The fraction of sp³-hybridized carbons (Fsp3) is 0.571. The summed E-state index contributed by atoms with van der Waals surface area (Å²) in [6.07, 6.45) is 3.69. The third-order valence-corrected chi connectivity index (χ3v) is 3.62. The van der Waals surface area contributed by atoms with Crippen LogP contribution in [0.5, 0.6) is 0 Å². The number of amides is 1. The molecular formula is C14H21N3O2. The van der Waals surface area contributed by atoms with Gasteiger partial charge < -0.3 is 15.4 Å². The number of carbonyl (C=O) groups excluding carboxylic acids is 1. The van der Waals surface area contributed by atoms with Gasteiger partial charge in [0.2, 0.25) is 0 Å². The molecule has 1 atom stereocenters. The van der Waals surface area contributed by atoms with E-state index in [-0.39, 0.29) is 11.9 Å². The van der Waals surface area contributed by atoms with E-state index in [1.54, 1.807) is 25.4 Å². The first-order valence-corrected chi connectivity index (χ1v) is 6.73. The molecule has 5 nitrogen and oxygen atoms in total. The van der Waals surface area contributed by atoms with Crippen LogP contribution in [0.3, 0.4) is 0 Å². The van der Waals surface area contributed by atoms with E-state index in [1.165, 1.54) is 0 Å². The molecular weight excluding hydrogens is 242 g/mol. The summed E-state index contributed by atoms with van der Waals surface area (Å²) in [7, 11) is 1.76. The van der Waals surface area contributed by atoms with E-state index in [4.69, 9.17) is 4.74 Å². The Morgan fingerprint density at radius 3 is 2.89 bits per heavy atom. The topological polar surface area (TPSA) is 63.2 Å². The third-order valence-electron chi connectivity index (χ3n) is 3.62. The molecule has 0 aliphatic carbocycles. The second-order valence-corrected chi connectivity index (χ2v) is 4.86. The van der Waals surface area contributed by atoms with Gasteiger partial charge in [-0.25, -0.2) is 4.98 Å². The molecule has 1 aliphatic heterocycles. The van der Waals surface area contributed by atoms with Crippen molar-refractivity contribution in [3.63, 3.8) is 0 Å². The smallest absolute Gasteiger partial charge is 0.255 e. The molecule has 0 spiro atoms. The first-order valence-electron chi connectivity index (χ1n) is 6.73. The molecule has 0 aromatic carbocycles. The zero-order valence-corrected chi connectivity index (χ0v) is 11.5. The summed E-state index contributed by atoms with van der Waals surface area (Å²) in [6, 6.07) is 3.71. The van der Waals surface area contributed by atoms with Crippen molar-refractivity contribution in [3.05, 3.63) is 23.9 Å². The molecule has 1 unspecified atom stereocenters. The summed E-state index contributed by atoms with van der Waals surface area (Å²) in [5, 5.41) is 6.00. The van der Waals surface area contributed by atoms with Gasteiger partial charge in [0.1, 0.15) is 5.82 Å². The number of hydrogen-bond donors (Lipinski definition) is 2. The van der Waals surface area contributed by atoms with Crippen molar-refractivity contribution in [3.8, 4) is 0 Å². The Balaban J connectivity index is 1.99. The summed E-state index contributed by atoms with van der Waals surface area (Å²) in [4.78, 5) is 16.4. The molecule has 1 amide bonds. The van der Waals surface area contributed by atoms with E-state index in [1.807, 2.05) is 0 Å². The molecule has 1 aromatic rings. The zero-order chi connectivity index (χ0) is 13.7. The summed E-state index contributed by atoms with van der Waals surface area (Å²) in [5.74, 6) is 1.03. The van der Waals surface area contributed by atoms with Crippen LogP contribution < -0.4 is 10.6 Å². The highest BCUT2D eigenvalue weighted by molar-refractivity contribution is 5.98. The number of nitrogens with one attached hydrogen (secondary N) is 2. The lowest BCUT2D eigenvalue weighted by Gasteiger charge is -2.28. The van der Waals surface area contributed by atoms with Crippen LogP contribution >= 0.6 is 0 Å². The minimum atomic E-state index is -0.0727. The van der Waals surface area contributed by atoms with Crippen LogP contribution in [-0.4, -0.2) is 37.2 Å². The number of rotatable bonds is 4. The Morgan fingerprint density at radius 2 is 2.21 bits per heavy atom. The molecule has 0 radical (unpaired) electrons. The highest BCUT2D eigenvalue weighted by atomic mass is 16.5. The minimum absolute atomic E-state index is 0.0727. The number of ether oxygens (including phenoxy) is 1. The van der Waals surface area contributed by atoms with Crippen molar-refractivity contribution in [2.75, 3.05) is 25.6 Å². The Morgan fingerprint density at radius 1 is 1.47 bits per heavy atom. The van der Waals surface area contributed by atoms with Crippen LogP contribution in [-0.2, 0) is 4.74 Å². The Kier molecular flexibility index (Phi) is 4.74. The van der Waals surface area contributed by atoms with Crippen molar-refractivity contribution >= 4 is 11.7 Å². The zero-order valence-electron chi connectivity index (χ0n) is 11.5. The first kappa shape index (κ1) is 13.8. The van der Waals surface area contributed by atoms with Crippen LogP contribution in [0.2, 0.25) is 0 Å². The fourth-order valence-corrected chi connectivity index (χ4v) is 2.41. The van der Waals surface area contributed by atoms with E-state index in [2.05, 4.69) is 22.5 Å². The molecule has 104 valence electrons. The van der Waals surface area contributed by atoms with Gasteiger partial charge in [-0.15, -0.1) is 0 Å². The van der Waals surface area contributed by atoms with Crippen LogP contribution in [0.1, 0.15) is 30.1 Å². The maximum atomic E-state index is 12.3. The molecule has 1 fully saturated rings. The average Bonchev–Trinajstić information content (AvgIpc) is 2.48. The number of aromatic nitrogens is 1. The monoisotopic (exact) mass is 263 g/mol. The standard InChI is InChI=1S/C14H21N3O2/c1-10(11-5-8-19-9-6-11)17-14(18)12-4-3-7-16-13(12)15-2/h3-4,7,10-11H,5-6,8-9H2,1-2H3,(H,15,16)(H,17,18). The maximum absolute atomic E-state index is 12.3. The number of anilines is 1. The lowest BCUT2D eigenvalue weighted by molar-refractivity contribution is 0.0538. The summed E-state index contributed by atoms with van der Waals surface area (Å²) in [5.41, 5.74) is 0.587. The quantitative estimate of drug-likeness (QED) is 0.867. The normalized spacial score (nSPS) is 17.8. The minimum Gasteiger partial charge on any atom is -0.381 e. The van der Waals surface area contributed by atoms with Crippen LogP contribution in [0.25, 0.3) is 0 Å². The Hall–Kier alpha value is -1.62. The van der Waals surface area contributed by atoms with Crippen molar-refractivity contribution < 1.29 is 9.53 Å². The molecule has 1 saturated heterocycles. The van der Waals surface area contributed by atoms with Crippen molar-refractivity contribution in [2.24, 2.45) is 5.92 Å². The van der Waals surface area contributed by atoms with E-state index in [9.17, 15) is 4.79 Å². The van der Waals surface area contributed by atoms with Gasteiger partial charge in [-0.1, -0.05) is 0 Å². The number of carbonyl (C=O) groups is 1. The molecule has 2 heterocycles. The second-order valence-electron chi connectivity index (χ2n) is 4.86. The Bertz CT molecular complexity index is 430. The van der Waals surface area contributed by atoms with E-state index >= 15 is 0 Å². The maximum Gasteiger partial charge on any atom is 0.255 e.